The summed E-state index contributed by atoms with van der Waals surface area (Å²) in [4.78, 5) is 1.37. The van der Waals surface area contributed by atoms with Gasteiger partial charge in [-0.3, -0.25) is 0 Å². The van der Waals surface area contributed by atoms with Crippen LogP contribution in [0.15, 0.2) is 53.5 Å². The van der Waals surface area contributed by atoms with Crippen molar-refractivity contribution in [2.45, 2.75) is 18.2 Å². The van der Waals surface area contributed by atoms with E-state index in [4.69, 9.17) is 0 Å². The van der Waals surface area contributed by atoms with E-state index in [9.17, 15) is 0 Å². The summed E-state index contributed by atoms with van der Waals surface area (Å²) < 4.78 is 0. The first-order valence-electron chi connectivity index (χ1n) is 4.78. The average Bonchev–Trinajstić information content (AvgIpc) is 2.25. The summed E-state index contributed by atoms with van der Waals surface area (Å²) in [6.45, 7) is 2.03. The molecule has 0 saturated carbocycles. The monoisotopic (exact) mass is 204 g/mol. The first-order chi connectivity index (χ1) is 6.88. The topological polar surface area (TPSA) is 0 Å². The molecule has 0 bridgehead atoms. The zero-order valence-corrected chi connectivity index (χ0v) is 9.55. The Morgan fingerprint density at radius 3 is 2.71 bits per heavy atom. The van der Waals surface area contributed by atoms with Gasteiger partial charge in [0.15, 0.2) is 0 Å². The highest BCUT2D eigenvalue weighted by Crippen LogP contribution is 2.20. The lowest BCUT2D eigenvalue weighted by molar-refractivity contribution is 1.18. The molecule has 0 radical (unpaired) electrons. The van der Waals surface area contributed by atoms with Crippen molar-refractivity contribution in [3.05, 3.63) is 54.1 Å². The molecule has 0 atom stereocenters. The smallest absolute Gasteiger partial charge is 0.0104 e. The number of benzene rings is 1. The van der Waals surface area contributed by atoms with Crippen molar-refractivity contribution in [1.82, 2.24) is 0 Å². The van der Waals surface area contributed by atoms with Gasteiger partial charge in [-0.2, -0.15) is 0 Å². The van der Waals surface area contributed by atoms with Crippen LogP contribution in [0.5, 0.6) is 0 Å². The Kier molecular flexibility index (Phi) is 5.16. The molecule has 0 aromatic heterocycles. The largest absolute Gasteiger partial charge is 0.129 e. The second-order valence-electron chi connectivity index (χ2n) is 2.97. The van der Waals surface area contributed by atoms with Gasteiger partial charge < -0.3 is 0 Å². The first-order valence-corrected chi connectivity index (χ1v) is 6.00. The molecule has 0 N–H and O–H groups in total. The SMILES string of the molecule is C/C=C\C=C/Cc1ccccc1SC. The van der Waals surface area contributed by atoms with E-state index in [-0.39, 0.29) is 0 Å². The zero-order chi connectivity index (χ0) is 10.2. The van der Waals surface area contributed by atoms with Gasteiger partial charge in [0.05, 0.1) is 0 Å². The Labute approximate surface area is 90.7 Å². The molecule has 0 fully saturated rings. The lowest BCUT2D eigenvalue weighted by Crippen LogP contribution is -1.83. The van der Waals surface area contributed by atoms with Gasteiger partial charge in [0, 0.05) is 4.90 Å². The summed E-state index contributed by atoms with van der Waals surface area (Å²) in [5.74, 6) is 0. The van der Waals surface area contributed by atoms with Crippen molar-refractivity contribution >= 4 is 11.8 Å². The fraction of sp³-hybridized carbons (Fsp3) is 0.231. The summed E-state index contributed by atoms with van der Waals surface area (Å²) in [7, 11) is 0. The molecule has 0 aliphatic carbocycles. The van der Waals surface area contributed by atoms with E-state index in [2.05, 4.69) is 48.7 Å². The van der Waals surface area contributed by atoms with Crippen LogP contribution >= 0.6 is 11.8 Å². The van der Waals surface area contributed by atoms with Gasteiger partial charge in [-0.05, 0) is 31.2 Å². The molecule has 1 heteroatoms. The van der Waals surface area contributed by atoms with Gasteiger partial charge in [0.2, 0.25) is 0 Å². The standard InChI is InChI=1S/C13H16S/c1-3-4-5-6-9-12-10-7-8-11-13(12)14-2/h3-8,10-11H,9H2,1-2H3/b4-3-,6-5-. The summed E-state index contributed by atoms with van der Waals surface area (Å²) in [5, 5.41) is 0. The number of hydrogen-bond acceptors (Lipinski definition) is 1. The highest BCUT2D eigenvalue weighted by atomic mass is 32.2. The zero-order valence-electron chi connectivity index (χ0n) is 8.73. The minimum atomic E-state index is 1.02. The molecular formula is C13H16S. The van der Waals surface area contributed by atoms with E-state index in [1.54, 1.807) is 0 Å². The van der Waals surface area contributed by atoms with Gasteiger partial charge in [0.25, 0.3) is 0 Å². The van der Waals surface area contributed by atoms with Crippen molar-refractivity contribution in [3.8, 4) is 0 Å². The van der Waals surface area contributed by atoms with E-state index in [0.29, 0.717) is 0 Å². The number of thioether (sulfide) groups is 1. The normalized spacial score (nSPS) is 11.6. The van der Waals surface area contributed by atoms with Gasteiger partial charge in [-0.25, -0.2) is 0 Å². The maximum Gasteiger partial charge on any atom is 0.0104 e. The minimum absolute atomic E-state index is 1.02. The fourth-order valence-corrected chi connectivity index (χ4v) is 1.88. The Balaban J connectivity index is 2.66. The summed E-state index contributed by atoms with van der Waals surface area (Å²) in [5.41, 5.74) is 1.40. The Hall–Kier alpha value is -0.950. The molecule has 14 heavy (non-hydrogen) atoms. The van der Waals surface area contributed by atoms with Gasteiger partial charge >= 0.3 is 0 Å². The predicted molar refractivity (Wildman–Crippen MR) is 65.9 cm³/mol. The Bertz CT molecular complexity index is 324. The van der Waals surface area contributed by atoms with Gasteiger partial charge in [-0.1, -0.05) is 42.5 Å². The molecule has 0 heterocycles. The molecule has 0 nitrogen and oxygen atoms in total. The molecule has 1 aromatic rings. The van der Waals surface area contributed by atoms with Crippen LogP contribution in [0.3, 0.4) is 0 Å². The molecule has 0 amide bonds. The highest BCUT2D eigenvalue weighted by Gasteiger charge is 1.96. The Morgan fingerprint density at radius 1 is 1.21 bits per heavy atom. The van der Waals surface area contributed by atoms with Crippen LogP contribution in [0, 0.1) is 0 Å². The van der Waals surface area contributed by atoms with E-state index < -0.39 is 0 Å². The third kappa shape index (κ3) is 3.43. The van der Waals surface area contributed by atoms with Crippen molar-refractivity contribution in [2.24, 2.45) is 0 Å². The van der Waals surface area contributed by atoms with Crippen molar-refractivity contribution < 1.29 is 0 Å². The molecule has 0 aliphatic rings. The number of rotatable bonds is 4. The fourth-order valence-electron chi connectivity index (χ4n) is 1.26. The lowest BCUT2D eigenvalue weighted by Gasteiger charge is -2.02. The maximum absolute atomic E-state index is 2.19. The lowest BCUT2D eigenvalue weighted by atomic mass is 10.1. The van der Waals surface area contributed by atoms with E-state index >= 15 is 0 Å². The molecule has 0 spiro atoms. The summed E-state index contributed by atoms with van der Waals surface area (Å²) in [6.07, 6.45) is 11.5. The molecule has 0 unspecified atom stereocenters. The number of hydrogen-bond donors (Lipinski definition) is 0. The molecule has 0 saturated heterocycles. The van der Waals surface area contributed by atoms with Crippen molar-refractivity contribution in [1.29, 1.82) is 0 Å². The van der Waals surface area contributed by atoms with Crippen molar-refractivity contribution in [3.63, 3.8) is 0 Å². The van der Waals surface area contributed by atoms with Crippen molar-refractivity contribution in [2.75, 3.05) is 6.26 Å². The van der Waals surface area contributed by atoms with Crippen LogP contribution in [-0.2, 0) is 6.42 Å². The van der Waals surface area contributed by atoms with Crippen LogP contribution in [0.1, 0.15) is 12.5 Å². The second kappa shape index (κ2) is 6.50. The molecular weight excluding hydrogens is 188 g/mol. The highest BCUT2D eigenvalue weighted by molar-refractivity contribution is 7.98. The van der Waals surface area contributed by atoms with E-state index in [1.807, 2.05) is 24.8 Å². The van der Waals surface area contributed by atoms with Gasteiger partial charge in [0.1, 0.15) is 0 Å². The minimum Gasteiger partial charge on any atom is -0.129 e. The van der Waals surface area contributed by atoms with Crippen LogP contribution in [0.25, 0.3) is 0 Å². The summed E-state index contributed by atoms with van der Waals surface area (Å²) in [6, 6.07) is 8.54. The van der Waals surface area contributed by atoms with Gasteiger partial charge in [-0.15, -0.1) is 11.8 Å². The van der Waals surface area contributed by atoms with E-state index in [0.717, 1.165) is 6.42 Å². The average molecular weight is 204 g/mol. The third-order valence-electron chi connectivity index (χ3n) is 1.97. The quantitative estimate of drug-likeness (QED) is 0.526. The van der Waals surface area contributed by atoms with Crippen LogP contribution in [0.4, 0.5) is 0 Å². The number of allylic oxidation sites excluding steroid dienone is 4. The predicted octanol–water partition coefficient (Wildman–Crippen LogP) is 4.08. The molecule has 1 aromatic carbocycles. The second-order valence-corrected chi connectivity index (χ2v) is 3.82. The van der Waals surface area contributed by atoms with Crippen LogP contribution in [0.2, 0.25) is 0 Å². The summed E-state index contributed by atoms with van der Waals surface area (Å²) >= 11 is 1.81. The maximum atomic E-state index is 2.19. The third-order valence-corrected chi connectivity index (χ3v) is 2.81. The van der Waals surface area contributed by atoms with Crippen LogP contribution < -0.4 is 0 Å². The first kappa shape index (κ1) is 11.1. The van der Waals surface area contributed by atoms with E-state index in [1.165, 1.54) is 10.5 Å². The molecule has 0 aliphatic heterocycles. The Morgan fingerprint density at radius 2 is 2.00 bits per heavy atom. The molecule has 74 valence electrons. The molecule has 1 rings (SSSR count). The van der Waals surface area contributed by atoms with Crippen LogP contribution in [-0.4, -0.2) is 6.26 Å².